The number of halogens is 3. The molecule has 11 heteroatoms. The normalized spacial score (nSPS) is 11.8. The van der Waals surface area contributed by atoms with Crippen LogP contribution in [0.15, 0.2) is 47.4 Å². The van der Waals surface area contributed by atoms with Gasteiger partial charge in [0.1, 0.15) is 11.4 Å². The number of alkyl halides is 3. The summed E-state index contributed by atoms with van der Waals surface area (Å²) < 4.78 is 66.7. The number of nitro groups is 1. The molecule has 0 unspecified atom stereocenters. The molecule has 2 rings (SSSR count). The van der Waals surface area contributed by atoms with E-state index in [0.717, 1.165) is 17.7 Å². The molecule has 0 saturated heterocycles. The van der Waals surface area contributed by atoms with Gasteiger partial charge in [-0.1, -0.05) is 17.7 Å². The Kier molecular flexibility index (Phi) is 4.88. The van der Waals surface area contributed by atoms with Gasteiger partial charge in [0, 0.05) is 0 Å². The van der Waals surface area contributed by atoms with Gasteiger partial charge >= 0.3 is 6.36 Å². The second kappa shape index (κ2) is 6.59. The summed E-state index contributed by atoms with van der Waals surface area (Å²) in [6, 6.07) is 7.74. The van der Waals surface area contributed by atoms with Gasteiger partial charge in [0.2, 0.25) is 0 Å². The molecular weight excluding hydrogens is 365 g/mol. The van der Waals surface area contributed by atoms with Crippen LogP contribution >= 0.6 is 0 Å². The first-order valence-corrected chi connectivity index (χ1v) is 8.10. The Morgan fingerprint density at radius 2 is 1.72 bits per heavy atom. The summed E-state index contributed by atoms with van der Waals surface area (Å²) in [6.45, 7) is 1.74. The van der Waals surface area contributed by atoms with Crippen molar-refractivity contribution in [1.82, 2.24) is 0 Å². The molecule has 25 heavy (non-hydrogen) atoms. The predicted molar refractivity (Wildman–Crippen MR) is 81.8 cm³/mol. The largest absolute Gasteiger partial charge is 0.573 e. The van der Waals surface area contributed by atoms with Gasteiger partial charge in [-0.25, -0.2) is 8.42 Å². The molecule has 7 nitrogen and oxygen atoms in total. The number of nitrogens with zero attached hydrogens (tertiary/aromatic N) is 1. The zero-order valence-corrected chi connectivity index (χ0v) is 13.4. The van der Waals surface area contributed by atoms with Crippen LogP contribution in [0.5, 0.6) is 5.75 Å². The number of hydrogen-bond donors (Lipinski definition) is 1. The molecule has 0 spiro atoms. The summed E-state index contributed by atoms with van der Waals surface area (Å²) in [6.07, 6.45) is -5.03. The second-order valence-corrected chi connectivity index (χ2v) is 6.58. The topological polar surface area (TPSA) is 98.5 Å². The van der Waals surface area contributed by atoms with E-state index >= 15 is 0 Å². The van der Waals surface area contributed by atoms with Crippen molar-refractivity contribution in [3.63, 3.8) is 0 Å². The fraction of sp³-hybridized carbons (Fsp3) is 0.143. The number of aryl methyl sites for hydroxylation is 1. The maximum Gasteiger partial charge on any atom is 0.573 e. The summed E-state index contributed by atoms with van der Waals surface area (Å²) in [5, 5.41) is 11.0. The molecule has 134 valence electrons. The van der Waals surface area contributed by atoms with Crippen molar-refractivity contribution < 1.29 is 31.2 Å². The SMILES string of the molecule is Cc1ccc(S(=O)(=O)Nc2ccc(OC(F)(F)F)cc2[N+](=O)[O-])cc1. The highest BCUT2D eigenvalue weighted by Crippen LogP contribution is 2.33. The number of anilines is 1. The molecule has 1 N–H and O–H groups in total. The van der Waals surface area contributed by atoms with Crippen LogP contribution in [0.3, 0.4) is 0 Å². The average molecular weight is 376 g/mol. The summed E-state index contributed by atoms with van der Waals surface area (Å²) >= 11 is 0. The number of ether oxygens (including phenoxy) is 1. The highest BCUT2D eigenvalue weighted by atomic mass is 32.2. The lowest BCUT2D eigenvalue weighted by Crippen LogP contribution is -2.18. The van der Waals surface area contributed by atoms with Crippen molar-refractivity contribution in [2.24, 2.45) is 0 Å². The van der Waals surface area contributed by atoms with E-state index in [1.807, 2.05) is 4.72 Å². The van der Waals surface area contributed by atoms with Gasteiger partial charge < -0.3 is 4.74 Å². The van der Waals surface area contributed by atoms with Gasteiger partial charge in [0.15, 0.2) is 0 Å². The molecule has 0 amide bonds. The molecule has 0 saturated carbocycles. The zero-order valence-electron chi connectivity index (χ0n) is 12.6. The first-order valence-electron chi connectivity index (χ1n) is 6.61. The van der Waals surface area contributed by atoms with Crippen LogP contribution in [0.2, 0.25) is 0 Å². The molecular formula is C14H11F3N2O5S. The van der Waals surface area contributed by atoms with E-state index in [2.05, 4.69) is 4.74 Å². The van der Waals surface area contributed by atoms with Crippen molar-refractivity contribution in [3.8, 4) is 5.75 Å². The Hall–Kier alpha value is -2.82. The molecule has 2 aromatic rings. The minimum absolute atomic E-state index is 0.150. The maximum absolute atomic E-state index is 12.3. The predicted octanol–water partition coefficient (Wildman–Crippen LogP) is 3.60. The van der Waals surface area contributed by atoms with E-state index in [4.69, 9.17) is 0 Å². The number of rotatable bonds is 5. The molecule has 0 fully saturated rings. The van der Waals surface area contributed by atoms with Gasteiger partial charge in [-0.2, -0.15) is 0 Å². The number of nitrogens with one attached hydrogen (secondary N) is 1. The molecule has 0 aliphatic rings. The van der Waals surface area contributed by atoms with E-state index < -0.39 is 38.4 Å². The summed E-state index contributed by atoms with van der Waals surface area (Å²) in [4.78, 5) is 9.87. The third kappa shape index (κ3) is 4.83. The molecule has 0 atom stereocenters. The molecule has 0 radical (unpaired) electrons. The third-order valence-electron chi connectivity index (χ3n) is 2.98. The number of benzene rings is 2. The number of nitro benzene ring substituents is 1. The number of sulfonamides is 1. The van der Waals surface area contributed by atoms with Gasteiger partial charge in [0.05, 0.1) is 15.9 Å². The van der Waals surface area contributed by atoms with Crippen LogP contribution in [0.4, 0.5) is 24.5 Å². The van der Waals surface area contributed by atoms with E-state index in [9.17, 15) is 31.7 Å². The Balaban J connectivity index is 2.38. The lowest BCUT2D eigenvalue weighted by atomic mass is 10.2. The van der Waals surface area contributed by atoms with Gasteiger partial charge in [-0.05, 0) is 31.2 Å². The van der Waals surface area contributed by atoms with Crippen LogP contribution in [0, 0.1) is 17.0 Å². The fourth-order valence-corrected chi connectivity index (χ4v) is 2.94. The minimum atomic E-state index is -5.03. The van der Waals surface area contributed by atoms with Crippen LogP contribution in [-0.4, -0.2) is 19.7 Å². The van der Waals surface area contributed by atoms with E-state index in [1.165, 1.54) is 24.3 Å². The third-order valence-corrected chi connectivity index (χ3v) is 4.36. The van der Waals surface area contributed by atoms with E-state index in [-0.39, 0.29) is 4.90 Å². The van der Waals surface area contributed by atoms with Crippen LogP contribution in [-0.2, 0) is 10.0 Å². The summed E-state index contributed by atoms with van der Waals surface area (Å²) in [5.74, 6) is -0.836. The van der Waals surface area contributed by atoms with Crippen molar-refractivity contribution in [1.29, 1.82) is 0 Å². The Morgan fingerprint density at radius 3 is 2.24 bits per heavy atom. The average Bonchev–Trinajstić information content (AvgIpc) is 2.47. The second-order valence-electron chi connectivity index (χ2n) is 4.90. The fourth-order valence-electron chi connectivity index (χ4n) is 1.87. The number of hydrogen-bond acceptors (Lipinski definition) is 5. The molecule has 0 aliphatic carbocycles. The first-order chi connectivity index (χ1) is 11.5. The maximum atomic E-state index is 12.3. The van der Waals surface area contributed by atoms with Crippen LogP contribution in [0.1, 0.15) is 5.56 Å². The van der Waals surface area contributed by atoms with Crippen molar-refractivity contribution in [2.45, 2.75) is 18.2 Å². The Bertz CT molecular complexity index is 896. The van der Waals surface area contributed by atoms with Gasteiger partial charge in [-0.3, -0.25) is 14.8 Å². The lowest BCUT2D eigenvalue weighted by molar-refractivity contribution is -0.384. The molecule has 0 aromatic heterocycles. The molecule has 0 heterocycles. The Morgan fingerprint density at radius 1 is 1.12 bits per heavy atom. The monoisotopic (exact) mass is 376 g/mol. The van der Waals surface area contributed by atoms with E-state index in [0.29, 0.717) is 6.07 Å². The van der Waals surface area contributed by atoms with Crippen molar-refractivity contribution in [3.05, 3.63) is 58.1 Å². The standard InChI is InChI=1S/C14H11F3N2O5S/c1-9-2-5-11(6-3-9)25(22,23)18-12-7-4-10(24-14(15,16)17)8-13(12)19(20)21/h2-8,18H,1H3. The van der Waals surface area contributed by atoms with Gasteiger partial charge in [-0.15, -0.1) is 13.2 Å². The smallest absolute Gasteiger partial charge is 0.406 e. The quantitative estimate of drug-likeness (QED) is 0.635. The van der Waals surface area contributed by atoms with Crippen molar-refractivity contribution in [2.75, 3.05) is 4.72 Å². The molecule has 0 aliphatic heterocycles. The summed E-state index contributed by atoms with van der Waals surface area (Å²) in [7, 11) is -4.15. The highest BCUT2D eigenvalue weighted by molar-refractivity contribution is 7.92. The zero-order chi connectivity index (χ0) is 18.8. The lowest BCUT2D eigenvalue weighted by Gasteiger charge is -2.11. The van der Waals surface area contributed by atoms with Crippen LogP contribution < -0.4 is 9.46 Å². The first kappa shape index (κ1) is 18.5. The minimum Gasteiger partial charge on any atom is -0.406 e. The molecule has 0 bridgehead atoms. The van der Waals surface area contributed by atoms with Crippen molar-refractivity contribution >= 4 is 21.4 Å². The Labute approximate surface area is 140 Å². The summed E-state index contributed by atoms with van der Waals surface area (Å²) in [5.41, 5.74) is -0.559. The highest BCUT2D eigenvalue weighted by Gasteiger charge is 2.32. The van der Waals surface area contributed by atoms with E-state index in [1.54, 1.807) is 6.92 Å². The van der Waals surface area contributed by atoms with Crippen LogP contribution in [0.25, 0.3) is 0 Å². The van der Waals surface area contributed by atoms with Gasteiger partial charge in [0.25, 0.3) is 15.7 Å². The molecule has 2 aromatic carbocycles.